The highest BCUT2D eigenvalue weighted by Gasteiger charge is 2.22. The first-order valence-corrected chi connectivity index (χ1v) is 11.7. The summed E-state index contributed by atoms with van der Waals surface area (Å²) < 4.78 is 11.3. The van der Waals surface area contributed by atoms with E-state index in [1.165, 1.54) is 6.92 Å². The molecule has 0 aliphatic carbocycles. The monoisotopic (exact) mass is 489 g/mol. The van der Waals surface area contributed by atoms with E-state index in [2.05, 4.69) is 15.3 Å². The Morgan fingerprint density at radius 3 is 2.24 bits per heavy atom. The van der Waals surface area contributed by atoms with Gasteiger partial charge < -0.3 is 14.8 Å². The number of hydrogen-bond donors (Lipinski definition) is 1. The maximum absolute atomic E-state index is 13.2. The minimum atomic E-state index is -1.03. The molecule has 3 aromatic carbocycles. The number of esters is 1. The van der Waals surface area contributed by atoms with Gasteiger partial charge in [-0.15, -0.1) is 0 Å². The van der Waals surface area contributed by atoms with E-state index in [1.807, 2.05) is 66.7 Å². The van der Waals surface area contributed by atoms with Crippen LogP contribution < -0.4 is 10.1 Å². The molecule has 7 nitrogen and oxygen atoms in total. The summed E-state index contributed by atoms with van der Waals surface area (Å²) in [5.74, 6) is 0.282. The fraction of sp³-hybridized carbons (Fsp3) is 0.0667. The van der Waals surface area contributed by atoms with Gasteiger partial charge in [-0.05, 0) is 67.6 Å². The molecule has 2 heterocycles. The van der Waals surface area contributed by atoms with Crippen molar-refractivity contribution in [2.75, 3.05) is 5.32 Å². The van der Waals surface area contributed by atoms with Crippen molar-refractivity contribution >= 4 is 28.5 Å². The Morgan fingerprint density at radius 2 is 1.49 bits per heavy atom. The number of amides is 1. The predicted octanol–water partition coefficient (Wildman–Crippen LogP) is 6.27. The standard InChI is InChI=1S/C30H23N3O4/c1-20(29(34)32-21-14-16-23(17-15-21)37-22-9-3-2-4-10-22)36-30(35)25-19-28(27-13-7-8-18-31-27)33-26-12-6-5-11-24(25)26/h2-20H,1H3,(H,32,34). The summed E-state index contributed by atoms with van der Waals surface area (Å²) in [7, 11) is 0. The zero-order valence-corrected chi connectivity index (χ0v) is 20.0. The van der Waals surface area contributed by atoms with Gasteiger partial charge in [0.15, 0.2) is 6.10 Å². The molecule has 5 rings (SSSR count). The molecule has 1 unspecified atom stereocenters. The van der Waals surface area contributed by atoms with Crippen LogP contribution in [0, 0.1) is 0 Å². The zero-order chi connectivity index (χ0) is 25.6. The number of benzene rings is 3. The molecule has 182 valence electrons. The molecule has 0 bridgehead atoms. The molecule has 2 aromatic heterocycles. The summed E-state index contributed by atoms with van der Waals surface area (Å²) in [6.07, 6.45) is 0.634. The second kappa shape index (κ2) is 10.7. The van der Waals surface area contributed by atoms with Crippen molar-refractivity contribution in [3.8, 4) is 22.9 Å². The second-order valence-corrected chi connectivity index (χ2v) is 8.26. The number of nitrogens with one attached hydrogen (secondary N) is 1. The Kier molecular flexibility index (Phi) is 6.85. The van der Waals surface area contributed by atoms with Crippen molar-refractivity contribution in [1.82, 2.24) is 9.97 Å². The summed E-state index contributed by atoms with van der Waals surface area (Å²) in [6, 6.07) is 30.8. The molecule has 0 spiro atoms. The van der Waals surface area contributed by atoms with Gasteiger partial charge in [0.2, 0.25) is 0 Å². The van der Waals surface area contributed by atoms with E-state index in [0.29, 0.717) is 39.3 Å². The molecule has 0 radical (unpaired) electrons. The number of fused-ring (bicyclic) bond motifs is 1. The molecule has 1 atom stereocenters. The SMILES string of the molecule is CC(OC(=O)c1cc(-c2ccccn2)nc2ccccc12)C(=O)Nc1ccc(Oc2ccccc2)cc1. The van der Waals surface area contributed by atoms with Crippen molar-refractivity contribution in [3.05, 3.63) is 115 Å². The van der Waals surface area contributed by atoms with E-state index >= 15 is 0 Å². The van der Waals surface area contributed by atoms with Gasteiger partial charge in [0.1, 0.15) is 11.5 Å². The number of aromatic nitrogens is 2. The summed E-state index contributed by atoms with van der Waals surface area (Å²) in [6.45, 7) is 1.53. The summed E-state index contributed by atoms with van der Waals surface area (Å²) in [4.78, 5) is 34.9. The van der Waals surface area contributed by atoms with Crippen LogP contribution in [-0.4, -0.2) is 27.9 Å². The van der Waals surface area contributed by atoms with E-state index in [4.69, 9.17) is 9.47 Å². The topological polar surface area (TPSA) is 90.4 Å². The first kappa shape index (κ1) is 23.7. The fourth-order valence-electron chi connectivity index (χ4n) is 3.74. The van der Waals surface area contributed by atoms with Crippen molar-refractivity contribution < 1.29 is 19.1 Å². The molecule has 0 saturated heterocycles. The summed E-state index contributed by atoms with van der Waals surface area (Å²) >= 11 is 0. The van der Waals surface area contributed by atoms with Gasteiger partial charge in [-0.3, -0.25) is 9.78 Å². The van der Waals surface area contributed by atoms with E-state index < -0.39 is 18.0 Å². The van der Waals surface area contributed by atoms with Crippen LogP contribution >= 0.6 is 0 Å². The molecule has 0 fully saturated rings. The highest BCUT2D eigenvalue weighted by Crippen LogP contribution is 2.25. The molecule has 0 saturated carbocycles. The first-order valence-electron chi connectivity index (χ1n) is 11.7. The molecule has 1 amide bonds. The Morgan fingerprint density at radius 1 is 0.784 bits per heavy atom. The molecule has 1 N–H and O–H groups in total. The highest BCUT2D eigenvalue weighted by molar-refractivity contribution is 6.05. The number of hydrogen-bond acceptors (Lipinski definition) is 6. The lowest BCUT2D eigenvalue weighted by Gasteiger charge is -2.15. The quantitative estimate of drug-likeness (QED) is 0.271. The number of carbonyl (C=O) groups is 2. The maximum atomic E-state index is 13.2. The molecule has 0 aliphatic rings. The summed E-state index contributed by atoms with van der Waals surface area (Å²) in [5.41, 5.74) is 2.68. The number of carbonyl (C=O) groups excluding carboxylic acids is 2. The molecule has 5 aromatic rings. The number of para-hydroxylation sites is 2. The minimum absolute atomic E-state index is 0.313. The zero-order valence-electron chi connectivity index (χ0n) is 20.0. The third-order valence-corrected chi connectivity index (χ3v) is 5.62. The lowest BCUT2D eigenvalue weighted by molar-refractivity contribution is -0.123. The first-order chi connectivity index (χ1) is 18.1. The normalized spacial score (nSPS) is 11.5. The number of nitrogens with zero attached hydrogens (tertiary/aromatic N) is 2. The molecular weight excluding hydrogens is 466 g/mol. The lowest BCUT2D eigenvalue weighted by atomic mass is 10.1. The Hall–Kier alpha value is -5.04. The second-order valence-electron chi connectivity index (χ2n) is 8.26. The average molecular weight is 490 g/mol. The fourth-order valence-corrected chi connectivity index (χ4v) is 3.74. The third kappa shape index (κ3) is 5.62. The average Bonchev–Trinajstić information content (AvgIpc) is 2.94. The van der Waals surface area contributed by atoms with Crippen molar-refractivity contribution in [2.45, 2.75) is 13.0 Å². The van der Waals surface area contributed by atoms with Gasteiger partial charge in [0, 0.05) is 17.3 Å². The third-order valence-electron chi connectivity index (χ3n) is 5.62. The van der Waals surface area contributed by atoms with Gasteiger partial charge in [-0.25, -0.2) is 9.78 Å². The van der Waals surface area contributed by atoms with Crippen LogP contribution in [0.15, 0.2) is 109 Å². The van der Waals surface area contributed by atoms with Crippen LogP contribution in [-0.2, 0) is 9.53 Å². The van der Waals surface area contributed by atoms with Crippen LogP contribution in [0.1, 0.15) is 17.3 Å². The van der Waals surface area contributed by atoms with Crippen LogP contribution in [0.4, 0.5) is 5.69 Å². The number of anilines is 1. The van der Waals surface area contributed by atoms with Crippen molar-refractivity contribution in [3.63, 3.8) is 0 Å². The summed E-state index contributed by atoms with van der Waals surface area (Å²) in [5, 5.41) is 3.40. The highest BCUT2D eigenvalue weighted by atomic mass is 16.5. The molecule has 7 heteroatoms. The van der Waals surface area contributed by atoms with Gasteiger partial charge in [0.05, 0.1) is 22.5 Å². The van der Waals surface area contributed by atoms with Crippen LogP contribution in [0.5, 0.6) is 11.5 Å². The maximum Gasteiger partial charge on any atom is 0.339 e. The van der Waals surface area contributed by atoms with E-state index in [9.17, 15) is 9.59 Å². The van der Waals surface area contributed by atoms with Crippen LogP contribution in [0.3, 0.4) is 0 Å². The van der Waals surface area contributed by atoms with Crippen molar-refractivity contribution in [1.29, 1.82) is 0 Å². The Bertz CT molecular complexity index is 1540. The molecular formula is C30H23N3O4. The lowest BCUT2D eigenvalue weighted by Crippen LogP contribution is -2.30. The predicted molar refractivity (Wildman–Crippen MR) is 141 cm³/mol. The van der Waals surface area contributed by atoms with Crippen molar-refractivity contribution in [2.24, 2.45) is 0 Å². The largest absolute Gasteiger partial charge is 0.457 e. The van der Waals surface area contributed by atoms with Gasteiger partial charge in [0.25, 0.3) is 5.91 Å². The van der Waals surface area contributed by atoms with Crippen LogP contribution in [0.2, 0.25) is 0 Å². The van der Waals surface area contributed by atoms with E-state index in [0.717, 1.165) is 5.75 Å². The van der Waals surface area contributed by atoms with Gasteiger partial charge in [-0.1, -0.05) is 42.5 Å². The van der Waals surface area contributed by atoms with Gasteiger partial charge >= 0.3 is 5.97 Å². The number of rotatable bonds is 7. The Labute approximate surface area is 213 Å². The molecule has 0 aliphatic heterocycles. The smallest absolute Gasteiger partial charge is 0.339 e. The minimum Gasteiger partial charge on any atom is -0.457 e. The Balaban J connectivity index is 1.28. The van der Waals surface area contributed by atoms with E-state index in [-0.39, 0.29) is 0 Å². The van der Waals surface area contributed by atoms with Gasteiger partial charge in [-0.2, -0.15) is 0 Å². The number of pyridine rings is 2. The van der Waals surface area contributed by atoms with E-state index in [1.54, 1.807) is 42.6 Å². The molecule has 37 heavy (non-hydrogen) atoms. The van der Waals surface area contributed by atoms with Crippen LogP contribution in [0.25, 0.3) is 22.3 Å². The number of ether oxygens (including phenoxy) is 2.